The van der Waals surface area contributed by atoms with Crippen molar-refractivity contribution < 1.29 is 9.84 Å². The molecule has 0 aliphatic heterocycles. The summed E-state index contributed by atoms with van der Waals surface area (Å²) in [7, 11) is 1.63. The van der Waals surface area contributed by atoms with E-state index in [1.54, 1.807) is 7.11 Å². The van der Waals surface area contributed by atoms with Crippen LogP contribution in [0.3, 0.4) is 0 Å². The van der Waals surface area contributed by atoms with Crippen molar-refractivity contribution in [3.05, 3.63) is 45.4 Å². The minimum absolute atomic E-state index is 0.139. The first-order valence-electron chi connectivity index (χ1n) is 6.52. The lowest BCUT2D eigenvalue weighted by Gasteiger charge is -2.21. The number of benzene rings is 1. The topological polar surface area (TPSA) is 68.4 Å². The normalized spacial score (nSPS) is 14.1. The van der Waals surface area contributed by atoms with Crippen LogP contribution in [-0.4, -0.2) is 23.7 Å². The van der Waals surface area contributed by atoms with Gasteiger partial charge in [-0.3, -0.25) is 0 Å². The molecule has 0 saturated carbocycles. The van der Waals surface area contributed by atoms with Gasteiger partial charge in [0.05, 0.1) is 28.8 Å². The Balaban J connectivity index is 2.28. The van der Waals surface area contributed by atoms with E-state index in [4.69, 9.17) is 10.5 Å². The number of aliphatic hydroxyl groups excluding tert-OH is 1. The maximum absolute atomic E-state index is 10.6. The van der Waals surface area contributed by atoms with Crippen molar-refractivity contribution in [1.29, 1.82) is 0 Å². The van der Waals surface area contributed by atoms with Gasteiger partial charge in [0.1, 0.15) is 5.75 Å². The summed E-state index contributed by atoms with van der Waals surface area (Å²) in [4.78, 5) is 5.26. The SMILES string of the molecule is COc1ccc(C(CN)C(O)c2sc(C)nc2C)cc1. The van der Waals surface area contributed by atoms with Gasteiger partial charge in [-0.25, -0.2) is 4.98 Å². The monoisotopic (exact) mass is 292 g/mol. The second-order valence-corrected chi connectivity index (χ2v) is 5.98. The van der Waals surface area contributed by atoms with E-state index in [9.17, 15) is 5.11 Å². The smallest absolute Gasteiger partial charge is 0.118 e. The molecule has 3 N–H and O–H groups in total. The number of aryl methyl sites for hydroxylation is 2. The largest absolute Gasteiger partial charge is 0.497 e. The van der Waals surface area contributed by atoms with Crippen LogP contribution in [0.2, 0.25) is 0 Å². The summed E-state index contributed by atoms with van der Waals surface area (Å²) in [5, 5.41) is 11.6. The molecule has 4 nitrogen and oxygen atoms in total. The van der Waals surface area contributed by atoms with Crippen LogP contribution in [0, 0.1) is 13.8 Å². The summed E-state index contributed by atoms with van der Waals surface area (Å²) in [5.41, 5.74) is 7.75. The van der Waals surface area contributed by atoms with Gasteiger partial charge in [-0.05, 0) is 31.5 Å². The van der Waals surface area contributed by atoms with Crippen LogP contribution in [0.4, 0.5) is 0 Å². The van der Waals surface area contributed by atoms with Crippen molar-refractivity contribution in [2.75, 3.05) is 13.7 Å². The minimum Gasteiger partial charge on any atom is -0.497 e. The van der Waals surface area contributed by atoms with E-state index < -0.39 is 6.10 Å². The van der Waals surface area contributed by atoms with E-state index in [2.05, 4.69) is 4.98 Å². The third-order valence-corrected chi connectivity index (χ3v) is 4.53. The molecule has 2 aromatic rings. The average Bonchev–Trinajstić information content (AvgIpc) is 2.79. The molecular weight excluding hydrogens is 272 g/mol. The summed E-state index contributed by atoms with van der Waals surface area (Å²) in [6.07, 6.45) is -0.625. The molecule has 108 valence electrons. The molecule has 0 bridgehead atoms. The maximum Gasteiger partial charge on any atom is 0.118 e. The minimum atomic E-state index is -0.625. The van der Waals surface area contributed by atoms with Crippen molar-refractivity contribution in [3.8, 4) is 5.75 Å². The van der Waals surface area contributed by atoms with E-state index in [-0.39, 0.29) is 5.92 Å². The molecule has 0 fully saturated rings. The summed E-state index contributed by atoms with van der Waals surface area (Å²) in [5.74, 6) is 0.656. The standard InChI is InChI=1S/C15H20N2O2S/c1-9-15(20-10(2)17-9)14(18)13(8-16)11-4-6-12(19-3)7-5-11/h4-7,13-14,18H,8,16H2,1-3H3. The molecule has 1 aromatic carbocycles. The van der Waals surface area contributed by atoms with Crippen molar-refractivity contribution in [2.24, 2.45) is 5.73 Å². The molecule has 20 heavy (non-hydrogen) atoms. The molecule has 1 heterocycles. The van der Waals surface area contributed by atoms with Crippen LogP contribution >= 0.6 is 11.3 Å². The quantitative estimate of drug-likeness (QED) is 0.888. The van der Waals surface area contributed by atoms with Gasteiger partial charge < -0.3 is 15.6 Å². The molecule has 0 aliphatic carbocycles. The Kier molecular flexibility index (Phi) is 4.75. The molecule has 0 spiro atoms. The molecular formula is C15H20N2O2S. The number of rotatable bonds is 5. The van der Waals surface area contributed by atoms with Gasteiger partial charge in [-0.1, -0.05) is 12.1 Å². The molecule has 0 radical (unpaired) electrons. The highest BCUT2D eigenvalue weighted by Crippen LogP contribution is 2.35. The molecule has 0 amide bonds. The molecule has 0 aliphatic rings. The first-order chi connectivity index (χ1) is 9.56. The Morgan fingerprint density at radius 2 is 1.95 bits per heavy atom. The molecule has 0 saturated heterocycles. The van der Waals surface area contributed by atoms with E-state index in [0.717, 1.165) is 26.9 Å². The second-order valence-electron chi connectivity index (χ2n) is 4.74. The zero-order chi connectivity index (χ0) is 14.7. The van der Waals surface area contributed by atoms with Gasteiger partial charge in [0.25, 0.3) is 0 Å². The predicted octanol–water partition coefficient (Wildman–Crippen LogP) is 2.54. The lowest BCUT2D eigenvalue weighted by Crippen LogP contribution is -2.20. The molecule has 5 heteroatoms. The van der Waals surface area contributed by atoms with Crippen molar-refractivity contribution >= 4 is 11.3 Å². The van der Waals surface area contributed by atoms with Gasteiger partial charge in [-0.2, -0.15) is 0 Å². The number of aromatic nitrogens is 1. The fourth-order valence-electron chi connectivity index (χ4n) is 2.30. The van der Waals surface area contributed by atoms with Crippen LogP contribution in [0.25, 0.3) is 0 Å². The van der Waals surface area contributed by atoms with Gasteiger partial charge in [0, 0.05) is 12.5 Å². The van der Waals surface area contributed by atoms with Gasteiger partial charge in [0.15, 0.2) is 0 Å². The van der Waals surface area contributed by atoms with Crippen molar-refractivity contribution in [3.63, 3.8) is 0 Å². The second kappa shape index (κ2) is 6.35. The number of methoxy groups -OCH3 is 1. The number of nitrogens with zero attached hydrogens (tertiary/aromatic N) is 1. The van der Waals surface area contributed by atoms with Crippen LogP contribution in [0.15, 0.2) is 24.3 Å². The highest BCUT2D eigenvalue weighted by Gasteiger charge is 2.25. The van der Waals surface area contributed by atoms with Crippen molar-refractivity contribution in [2.45, 2.75) is 25.9 Å². The lowest BCUT2D eigenvalue weighted by molar-refractivity contribution is 0.150. The average molecular weight is 292 g/mol. The summed E-state index contributed by atoms with van der Waals surface area (Å²) in [6.45, 7) is 4.24. The number of hydrogen-bond donors (Lipinski definition) is 2. The molecule has 2 atom stereocenters. The first kappa shape index (κ1) is 15.0. The molecule has 1 aromatic heterocycles. The van der Waals surface area contributed by atoms with Crippen LogP contribution in [-0.2, 0) is 0 Å². The molecule has 2 rings (SSSR count). The third kappa shape index (κ3) is 3.00. The van der Waals surface area contributed by atoms with E-state index >= 15 is 0 Å². The lowest BCUT2D eigenvalue weighted by atomic mass is 9.92. The number of nitrogens with two attached hydrogens (primary N) is 1. The summed E-state index contributed by atoms with van der Waals surface area (Å²) < 4.78 is 5.15. The van der Waals surface area contributed by atoms with Crippen LogP contribution < -0.4 is 10.5 Å². The number of thiazole rings is 1. The van der Waals surface area contributed by atoms with Crippen LogP contribution in [0.5, 0.6) is 5.75 Å². The summed E-state index contributed by atoms with van der Waals surface area (Å²) >= 11 is 1.53. The Labute approximate surface area is 123 Å². The molecule has 2 unspecified atom stereocenters. The van der Waals surface area contributed by atoms with E-state index in [1.807, 2.05) is 38.1 Å². The zero-order valence-corrected chi connectivity index (χ0v) is 12.8. The van der Waals surface area contributed by atoms with Crippen LogP contribution in [0.1, 0.15) is 33.2 Å². The Morgan fingerprint density at radius 3 is 2.40 bits per heavy atom. The van der Waals surface area contributed by atoms with Gasteiger partial charge in [-0.15, -0.1) is 11.3 Å². The van der Waals surface area contributed by atoms with Crippen molar-refractivity contribution in [1.82, 2.24) is 4.98 Å². The van der Waals surface area contributed by atoms with Gasteiger partial charge >= 0.3 is 0 Å². The zero-order valence-electron chi connectivity index (χ0n) is 12.0. The first-order valence-corrected chi connectivity index (χ1v) is 7.34. The third-order valence-electron chi connectivity index (χ3n) is 3.39. The maximum atomic E-state index is 10.6. The highest BCUT2D eigenvalue weighted by molar-refractivity contribution is 7.11. The fraction of sp³-hybridized carbons (Fsp3) is 0.400. The number of ether oxygens (including phenoxy) is 1. The predicted molar refractivity (Wildman–Crippen MR) is 81.3 cm³/mol. The number of hydrogen-bond acceptors (Lipinski definition) is 5. The Hall–Kier alpha value is -1.43. The Morgan fingerprint density at radius 1 is 1.30 bits per heavy atom. The van der Waals surface area contributed by atoms with E-state index in [1.165, 1.54) is 11.3 Å². The van der Waals surface area contributed by atoms with E-state index in [0.29, 0.717) is 6.54 Å². The van der Waals surface area contributed by atoms with Gasteiger partial charge in [0.2, 0.25) is 0 Å². The fourth-order valence-corrected chi connectivity index (χ4v) is 3.28. The highest BCUT2D eigenvalue weighted by atomic mass is 32.1. The number of aliphatic hydroxyl groups is 1. The summed E-state index contributed by atoms with van der Waals surface area (Å²) in [6, 6.07) is 7.66. The Bertz CT molecular complexity index is 566.